The number of fused-ring (bicyclic) bond motifs is 2. The number of anilines is 5. The van der Waals surface area contributed by atoms with E-state index >= 15 is 0 Å². The van der Waals surface area contributed by atoms with E-state index in [-0.39, 0.29) is 5.91 Å². The first-order valence-electron chi connectivity index (χ1n) is 10.3. The van der Waals surface area contributed by atoms with Crippen LogP contribution >= 0.6 is 7.14 Å². The maximum absolute atomic E-state index is 12.8. The van der Waals surface area contributed by atoms with E-state index < -0.39 is 7.14 Å². The number of rotatable bonds is 5. The van der Waals surface area contributed by atoms with Gasteiger partial charge in [0, 0.05) is 29.3 Å². The van der Waals surface area contributed by atoms with Crippen LogP contribution in [0, 0.1) is 0 Å². The van der Waals surface area contributed by atoms with Crippen LogP contribution in [0.4, 0.5) is 28.8 Å². The third-order valence-corrected chi connectivity index (χ3v) is 6.96. The summed E-state index contributed by atoms with van der Waals surface area (Å²) < 4.78 is 12.8. The predicted octanol–water partition coefficient (Wildman–Crippen LogP) is 4.58. The summed E-state index contributed by atoms with van der Waals surface area (Å²) in [4.78, 5) is 24.0. The minimum atomic E-state index is -2.48. The molecule has 0 bridgehead atoms. The summed E-state index contributed by atoms with van der Waals surface area (Å²) >= 11 is 0. The Hall–Kier alpha value is -3.64. The van der Waals surface area contributed by atoms with E-state index in [0.29, 0.717) is 30.3 Å². The summed E-state index contributed by atoms with van der Waals surface area (Å²) in [5, 5.41) is 11.1. The lowest BCUT2D eigenvalue weighted by atomic mass is 10.0. The molecule has 0 saturated heterocycles. The summed E-state index contributed by atoms with van der Waals surface area (Å²) in [7, 11) is -2.48. The van der Waals surface area contributed by atoms with Crippen molar-refractivity contribution in [2.45, 2.75) is 12.8 Å². The Morgan fingerprint density at radius 2 is 1.84 bits per heavy atom. The van der Waals surface area contributed by atoms with Crippen molar-refractivity contribution in [1.82, 2.24) is 15.0 Å². The molecule has 1 amide bonds. The summed E-state index contributed by atoms with van der Waals surface area (Å²) in [6.07, 6.45) is 2.99. The van der Waals surface area contributed by atoms with Crippen LogP contribution in [0.1, 0.15) is 12.0 Å². The summed E-state index contributed by atoms with van der Waals surface area (Å²) in [6.45, 7) is 3.51. The second-order valence-corrected chi connectivity index (χ2v) is 11.4. The second kappa shape index (κ2) is 7.80. The lowest BCUT2D eigenvalue weighted by molar-refractivity contribution is -0.116. The molecule has 3 heterocycles. The maximum atomic E-state index is 12.8. The Balaban J connectivity index is 1.50. The molecule has 32 heavy (non-hydrogen) atoms. The van der Waals surface area contributed by atoms with Gasteiger partial charge in [-0.2, -0.15) is 9.97 Å². The normalized spacial score (nSPS) is 13.5. The van der Waals surface area contributed by atoms with Crippen LogP contribution in [-0.4, -0.2) is 34.2 Å². The molecular formula is C23H23N6O2P. The van der Waals surface area contributed by atoms with Gasteiger partial charge in [0.05, 0.1) is 11.1 Å². The molecule has 4 aromatic rings. The third kappa shape index (κ3) is 3.97. The number of carbonyl (C=O) groups excluding carboxylic acids is 1. The van der Waals surface area contributed by atoms with Crippen LogP contribution in [0.2, 0.25) is 0 Å². The number of aryl methyl sites for hydroxylation is 1. The van der Waals surface area contributed by atoms with E-state index in [9.17, 15) is 9.36 Å². The summed E-state index contributed by atoms with van der Waals surface area (Å²) in [6, 6.07) is 15.3. The van der Waals surface area contributed by atoms with Gasteiger partial charge in [0.15, 0.2) is 0 Å². The number of hydrogen-bond acceptors (Lipinski definition) is 6. The molecular weight excluding hydrogens is 423 g/mol. The van der Waals surface area contributed by atoms with E-state index in [0.717, 1.165) is 33.3 Å². The van der Waals surface area contributed by atoms with Crippen molar-refractivity contribution in [2.75, 3.05) is 29.3 Å². The molecule has 2 aromatic heterocycles. The van der Waals surface area contributed by atoms with Crippen molar-refractivity contribution in [2.24, 2.45) is 0 Å². The van der Waals surface area contributed by atoms with Gasteiger partial charge >= 0.3 is 0 Å². The maximum Gasteiger partial charge on any atom is 0.231 e. The van der Waals surface area contributed by atoms with E-state index in [1.54, 1.807) is 13.3 Å². The molecule has 5 rings (SSSR count). The molecule has 162 valence electrons. The smallest absolute Gasteiger partial charge is 0.231 e. The van der Waals surface area contributed by atoms with Gasteiger partial charge in [-0.1, -0.05) is 12.1 Å². The zero-order valence-corrected chi connectivity index (χ0v) is 18.7. The molecule has 0 saturated carbocycles. The highest BCUT2D eigenvalue weighted by Crippen LogP contribution is 2.38. The van der Waals surface area contributed by atoms with Gasteiger partial charge in [0.2, 0.25) is 11.9 Å². The van der Waals surface area contributed by atoms with Gasteiger partial charge in [-0.15, -0.1) is 0 Å². The summed E-state index contributed by atoms with van der Waals surface area (Å²) in [5.74, 6) is 1.08. The predicted molar refractivity (Wildman–Crippen MR) is 129 cm³/mol. The Morgan fingerprint density at radius 1 is 1.00 bits per heavy atom. The number of H-pyrrole nitrogens is 1. The number of hydrogen-bond donors (Lipinski definition) is 4. The van der Waals surface area contributed by atoms with Crippen LogP contribution in [0.5, 0.6) is 0 Å². The highest BCUT2D eigenvalue weighted by molar-refractivity contribution is 7.70. The first-order chi connectivity index (χ1) is 15.4. The van der Waals surface area contributed by atoms with Crippen LogP contribution in [0.3, 0.4) is 0 Å². The Bertz CT molecular complexity index is 1390. The number of carbonyl (C=O) groups is 1. The zero-order chi connectivity index (χ0) is 22.3. The van der Waals surface area contributed by atoms with Crippen LogP contribution in [-0.2, 0) is 15.8 Å². The quantitative estimate of drug-likeness (QED) is 0.334. The first-order valence-corrected chi connectivity index (χ1v) is 12.9. The molecule has 8 nitrogen and oxygen atoms in total. The summed E-state index contributed by atoms with van der Waals surface area (Å²) in [5.41, 5.74) is 4.20. The van der Waals surface area contributed by atoms with Gasteiger partial charge in [-0.3, -0.25) is 4.79 Å². The van der Waals surface area contributed by atoms with Crippen LogP contribution in [0.15, 0.2) is 54.7 Å². The standard InChI is InChI=1S/C23H23N6O2P/c1-32(2,31)19-6-4-3-5-18(19)27-22-16-11-12-24-21(16)28-23(29-22)25-15-8-9-17-14(13-15)7-10-20(30)26-17/h3-6,8-9,11-13H,7,10H2,1-2H3,(H,26,30)(H3,24,25,27,28,29). The minimum absolute atomic E-state index is 0.0402. The van der Waals surface area contributed by atoms with Crippen molar-refractivity contribution in [1.29, 1.82) is 0 Å². The zero-order valence-electron chi connectivity index (χ0n) is 17.8. The molecule has 9 heteroatoms. The average Bonchev–Trinajstić information content (AvgIpc) is 3.22. The topological polar surface area (TPSA) is 112 Å². The van der Waals surface area contributed by atoms with Gasteiger partial charge in [0.25, 0.3) is 0 Å². The molecule has 2 aromatic carbocycles. The fourth-order valence-corrected chi connectivity index (χ4v) is 5.01. The largest absolute Gasteiger partial charge is 0.346 e. The van der Waals surface area contributed by atoms with Gasteiger partial charge in [-0.05, 0) is 61.7 Å². The number of benzene rings is 2. The van der Waals surface area contributed by atoms with Crippen LogP contribution in [0.25, 0.3) is 11.0 Å². The molecule has 1 aliphatic heterocycles. The van der Waals surface area contributed by atoms with E-state index in [2.05, 4.69) is 25.9 Å². The molecule has 0 unspecified atom stereocenters. The number of nitrogens with one attached hydrogen (secondary N) is 4. The third-order valence-electron chi connectivity index (χ3n) is 5.41. The SMILES string of the molecule is CP(C)(=O)c1ccccc1Nc1nc(Nc2ccc3c(c2)CCC(=O)N3)nc2[nH]ccc12. The molecule has 0 atom stereocenters. The number of nitrogens with zero attached hydrogens (tertiary/aromatic N) is 2. The van der Waals surface area contributed by atoms with E-state index in [1.807, 2.05) is 54.7 Å². The fraction of sp³-hybridized carbons (Fsp3) is 0.174. The van der Waals surface area contributed by atoms with Gasteiger partial charge < -0.3 is 25.5 Å². The van der Waals surface area contributed by atoms with Crippen molar-refractivity contribution in [3.05, 3.63) is 60.3 Å². The van der Waals surface area contributed by atoms with Crippen LogP contribution < -0.4 is 21.3 Å². The highest BCUT2D eigenvalue weighted by Gasteiger charge is 2.18. The van der Waals surface area contributed by atoms with E-state index in [4.69, 9.17) is 4.98 Å². The van der Waals surface area contributed by atoms with Crippen molar-refractivity contribution in [3.63, 3.8) is 0 Å². The molecule has 0 spiro atoms. The molecule has 0 aliphatic carbocycles. The fourth-order valence-electron chi connectivity index (χ4n) is 3.86. The number of amides is 1. The molecule has 4 N–H and O–H groups in total. The lowest BCUT2D eigenvalue weighted by Gasteiger charge is -2.18. The first kappa shape index (κ1) is 20.3. The van der Waals surface area contributed by atoms with Gasteiger partial charge in [0.1, 0.15) is 18.6 Å². The van der Waals surface area contributed by atoms with Crippen molar-refractivity contribution in [3.8, 4) is 0 Å². The second-order valence-electron chi connectivity index (χ2n) is 8.17. The minimum Gasteiger partial charge on any atom is -0.346 e. The average molecular weight is 446 g/mol. The van der Waals surface area contributed by atoms with Crippen molar-refractivity contribution >= 4 is 58.2 Å². The van der Waals surface area contributed by atoms with Crippen molar-refractivity contribution < 1.29 is 9.36 Å². The van der Waals surface area contributed by atoms with Gasteiger partial charge in [-0.25, -0.2) is 0 Å². The Labute approximate surface area is 185 Å². The van der Waals surface area contributed by atoms with E-state index in [1.165, 1.54) is 0 Å². The monoisotopic (exact) mass is 446 g/mol. The molecule has 1 aliphatic rings. The Kier molecular flexibility index (Phi) is 4.94. The molecule has 0 fully saturated rings. The highest BCUT2D eigenvalue weighted by atomic mass is 31.2. The number of aromatic nitrogens is 3. The number of para-hydroxylation sites is 1. The Morgan fingerprint density at radius 3 is 2.69 bits per heavy atom. The number of aromatic amines is 1. The molecule has 0 radical (unpaired) electrons. The lowest BCUT2D eigenvalue weighted by Crippen LogP contribution is -2.18.